The Labute approximate surface area is 170 Å². The van der Waals surface area contributed by atoms with E-state index in [1.807, 2.05) is 60.7 Å². The molecular weight excluding hydrogens is 362 g/mol. The van der Waals surface area contributed by atoms with Crippen molar-refractivity contribution in [3.05, 3.63) is 100.0 Å². The van der Waals surface area contributed by atoms with Crippen LogP contribution < -0.4 is 5.56 Å². The third kappa shape index (κ3) is 4.62. The van der Waals surface area contributed by atoms with Gasteiger partial charge in [0.15, 0.2) is 0 Å². The summed E-state index contributed by atoms with van der Waals surface area (Å²) in [5.74, 6) is 0.314. The van der Waals surface area contributed by atoms with Crippen molar-refractivity contribution in [3.63, 3.8) is 0 Å². The highest BCUT2D eigenvalue weighted by Gasteiger charge is 2.28. The number of carbonyl (C=O) groups excluding carboxylic acids is 1. The molecule has 1 heterocycles. The van der Waals surface area contributed by atoms with Gasteiger partial charge in [-0.15, -0.1) is 0 Å². The summed E-state index contributed by atoms with van der Waals surface area (Å²) in [5.41, 5.74) is 2.77. The van der Waals surface area contributed by atoms with Gasteiger partial charge in [-0.05, 0) is 37.0 Å². The molecule has 29 heavy (non-hydrogen) atoms. The Morgan fingerprint density at radius 1 is 0.966 bits per heavy atom. The van der Waals surface area contributed by atoms with Crippen LogP contribution in [-0.4, -0.2) is 20.6 Å². The van der Waals surface area contributed by atoms with E-state index in [0.717, 1.165) is 29.7 Å². The predicted octanol–water partition coefficient (Wildman–Crippen LogP) is 3.91. The lowest BCUT2D eigenvalue weighted by Crippen LogP contribution is -2.39. The molecule has 2 aromatic carbocycles. The summed E-state index contributed by atoms with van der Waals surface area (Å²) in [6.07, 6.45) is 2.20. The topological polar surface area (TPSA) is 55.2 Å². The van der Waals surface area contributed by atoms with Crippen molar-refractivity contribution >= 4 is 5.91 Å². The smallest absolute Gasteiger partial charge is 0.267 e. The third-order valence-electron chi connectivity index (χ3n) is 5.31. The van der Waals surface area contributed by atoms with E-state index in [4.69, 9.17) is 0 Å². The Morgan fingerprint density at radius 2 is 1.52 bits per heavy atom. The lowest BCUT2D eigenvalue weighted by atomic mass is 10.1. The molecule has 0 radical (unpaired) electrons. The Morgan fingerprint density at radius 3 is 2.03 bits per heavy atom. The predicted molar refractivity (Wildman–Crippen MR) is 112 cm³/mol. The van der Waals surface area contributed by atoms with Gasteiger partial charge in [0.05, 0.1) is 5.69 Å². The maximum atomic E-state index is 13.4. The standard InChI is InChI=1S/C24H25N3O2/c1-18(27-23(28)15-14-22(25-27)21-12-13-21)24(29)26(16-19-8-4-2-5-9-19)17-20-10-6-3-7-11-20/h2-11,14-15,18,21H,12-13,16-17H2,1H3. The normalized spacial score (nSPS) is 14.4. The van der Waals surface area contributed by atoms with Crippen molar-refractivity contribution in [2.45, 2.75) is 44.8 Å². The average Bonchev–Trinajstić information content (AvgIpc) is 3.59. The number of benzene rings is 2. The van der Waals surface area contributed by atoms with Crippen molar-refractivity contribution in [2.75, 3.05) is 0 Å². The van der Waals surface area contributed by atoms with E-state index < -0.39 is 6.04 Å². The van der Waals surface area contributed by atoms with Crippen LogP contribution in [0, 0.1) is 0 Å². The zero-order valence-electron chi connectivity index (χ0n) is 16.6. The number of rotatable bonds is 7. The maximum absolute atomic E-state index is 13.4. The molecule has 4 rings (SSSR count). The van der Waals surface area contributed by atoms with E-state index in [1.165, 1.54) is 10.7 Å². The highest BCUT2D eigenvalue weighted by molar-refractivity contribution is 5.80. The van der Waals surface area contributed by atoms with Gasteiger partial charge >= 0.3 is 0 Å². The van der Waals surface area contributed by atoms with Gasteiger partial charge < -0.3 is 4.90 Å². The van der Waals surface area contributed by atoms with Crippen LogP contribution in [0.3, 0.4) is 0 Å². The number of hydrogen-bond acceptors (Lipinski definition) is 3. The van der Waals surface area contributed by atoms with Crippen molar-refractivity contribution in [2.24, 2.45) is 0 Å². The van der Waals surface area contributed by atoms with Gasteiger partial charge in [-0.2, -0.15) is 5.10 Å². The number of hydrogen-bond donors (Lipinski definition) is 0. The first kappa shape index (κ1) is 19.1. The first-order valence-electron chi connectivity index (χ1n) is 10.1. The van der Waals surface area contributed by atoms with Crippen LogP contribution in [0.1, 0.15) is 48.5 Å². The highest BCUT2D eigenvalue weighted by Crippen LogP contribution is 2.38. The van der Waals surface area contributed by atoms with Crippen LogP contribution in [0.4, 0.5) is 0 Å². The minimum absolute atomic E-state index is 0.111. The molecule has 0 spiro atoms. The zero-order valence-corrected chi connectivity index (χ0v) is 16.6. The molecule has 1 amide bonds. The van der Waals surface area contributed by atoms with Crippen molar-refractivity contribution in [1.82, 2.24) is 14.7 Å². The molecular formula is C24H25N3O2. The van der Waals surface area contributed by atoms with Crippen LogP contribution in [0.15, 0.2) is 77.6 Å². The maximum Gasteiger partial charge on any atom is 0.267 e. The van der Waals surface area contributed by atoms with Gasteiger partial charge in [0.2, 0.25) is 5.91 Å². The van der Waals surface area contributed by atoms with Crippen molar-refractivity contribution in [3.8, 4) is 0 Å². The van der Waals surface area contributed by atoms with Gasteiger partial charge in [0, 0.05) is 25.1 Å². The first-order valence-corrected chi connectivity index (χ1v) is 10.1. The second kappa shape index (κ2) is 8.43. The molecule has 1 aromatic heterocycles. The second-order valence-corrected chi connectivity index (χ2v) is 7.66. The Balaban J connectivity index is 1.61. The van der Waals surface area contributed by atoms with Crippen LogP contribution in [0.2, 0.25) is 0 Å². The average molecular weight is 387 g/mol. The van der Waals surface area contributed by atoms with Gasteiger partial charge in [0.1, 0.15) is 6.04 Å². The summed E-state index contributed by atoms with van der Waals surface area (Å²) in [6.45, 7) is 2.72. The molecule has 1 fully saturated rings. The largest absolute Gasteiger partial charge is 0.332 e. The molecule has 5 nitrogen and oxygen atoms in total. The number of carbonyl (C=O) groups is 1. The van der Waals surface area contributed by atoms with Crippen LogP contribution >= 0.6 is 0 Å². The summed E-state index contributed by atoms with van der Waals surface area (Å²) in [7, 11) is 0. The van der Waals surface area contributed by atoms with E-state index in [2.05, 4.69) is 5.10 Å². The monoisotopic (exact) mass is 387 g/mol. The van der Waals surface area contributed by atoms with Crippen molar-refractivity contribution < 1.29 is 4.79 Å². The second-order valence-electron chi connectivity index (χ2n) is 7.66. The number of aromatic nitrogens is 2. The van der Waals surface area contributed by atoms with Crippen LogP contribution in [0.25, 0.3) is 0 Å². The Kier molecular flexibility index (Phi) is 5.56. The van der Waals surface area contributed by atoms with E-state index >= 15 is 0 Å². The summed E-state index contributed by atoms with van der Waals surface area (Å²) < 4.78 is 1.35. The summed E-state index contributed by atoms with van der Waals surface area (Å²) in [6, 6.07) is 22.5. The van der Waals surface area contributed by atoms with Gasteiger partial charge in [-0.1, -0.05) is 60.7 Å². The lowest BCUT2D eigenvalue weighted by Gasteiger charge is -2.26. The molecule has 5 heteroatoms. The molecule has 1 aliphatic rings. The minimum atomic E-state index is -0.659. The summed E-state index contributed by atoms with van der Waals surface area (Å²) in [4.78, 5) is 27.7. The van der Waals surface area contributed by atoms with Gasteiger partial charge in [0.25, 0.3) is 5.56 Å². The molecule has 1 unspecified atom stereocenters. The molecule has 3 aromatic rings. The fourth-order valence-electron chi connectivity index (χ4n) is 3.50. The minimum Gasteiger partial charge on any atom is -0.332 e. The highest BCUT2D eigenvalue weighted by atomic mass is 16.2. The number of nitrogens with zero attached hydrogens (tertiary/aromatic N) is 3. The van der Waals surface area contributed by atoms with E-state index in [-0.39, 0.29) is 11.5 Å². The Hall–Kier alpha value is -3.21. The summed E-state index contributed by atoms with van der Waals surface area (Å²) >= 11 is 0. The quantitative estimate of drug-likeness (QED) is 0.618. The van der Waals surface area contributed by atoms with E-state index in [0.29, 0.717) is 19.0 Å². The van der Waals surface area contributed by atoms with Crippen LogP contribution in [-0.2, 0) is 17.9 Å². The molecule has 1 aliphatic carbocycles. The zero-order chi connectivity index (χ0) is 20.2. The molecule has 1 atom stereocenters. The SMILES string of the molecule is CC(C(=O)N(Cc1ccccc1)Cc1ccccc1)n1nc(C2CC2)ccc1=O. The van der Waals surface area contributed by atoms with Gasteiger partial charge in [-0.25, -0.2) is 4.68 Å². The van der Waals surface area contributed by atoms with Gasteiger partial charge in [-0.3, -0.25) is 9.59 Å². The summed E-state index contributed by atoms with van der Waals surface area (Å²) in [5, 5.41) is 4.51. The van der Waals surface area contributed by atoms with E-state index in [9.17, 15) is 9.59 Å². The molecule has 0 bridgehead atoms. The van der Waals surface area contributed by atoms with Crippen LogP contribution in [0.5, 0.6) is 0 Å². The first-order chi connectivity index (χ1) is 14.1. The fourth-order valence-corrected chi connectivity index (χ4v) is 3.50. The lowest BCUT2D eigenvalue weighted by molar-refractivity contribution is -0.136. The fraction of sp³-hybridized carbons (Fsp3) is 0.292. The Bertz CT molecular complexity index is 985. The molecule has 0 saturated heterocycles. The molecule has 1 saturated carbocycles. The van der Waals surface area contributed by atoms with E-state index in [1.54, 1.807) is 17.9 Å². The van der Waals surface area contributed by atoms with Crippen molar-refractivity contribution in [1.29, 1.82) is 0 Å². The number of amides is 1. The third-order valence-corrected chi connectivity index (χ3v) is 5.31. The molecule has 0 N–H and O–H groups in total. The molecule has 148 valence electrons. The molecule has 0 aliphatic heterocycles.